The van der Waals surface area contributed by atoms with Crippen LogP contribution in [0.4, 0.5) is 0 Å². The third-order valence-corrected chi connectivity index (χ3v) is 2.64. The number of halogens is 3. The lowest BCUT2D eigenvalue weighted by Gasteiger charge is -2.02. The summed E-state index contributed by atoms with van der Waals surface area (Å²) in [6.45, 7) is 0. The van der Waals surface area contributed by atoms with Crippen LogP contribution in [0.2, 0.25) is 15.1 Å². The van der Waals surface area contributed by atoms with Gasteiger partial charge in [0.05, 0.1) is 10.0 Å². The molecule has 0 aliphatic rings. The van der Waals surface area contributed by atoms with Crippen LogP contribution in [0, 0.1) is 0 Å². The molecule has 1 aromatic rings. The van der Waals surface area contributed by atoms with Gasteiger partial charge in [0, 0.05) is 16.7 Å². The van der Waals surface area contributed by atoms with E-state index in [1.807, 2.05) is 0 Å². The molecule has 0 fully saturated rings. The van der Waals surface area contributed by atoms with Crippen LogP contribution >= 0.6 is 34.8 Å². The maximum absolute atomic E-state index is 10.5. The molecule has 0 unspecified atom stereocenters. The Bertz CT molecular complexity index is 401. The fraction of sp³-hybridized carbons (Fsp3) is 0. The van der Waals surface area contributed by atoms with Crippen molar-refractivity contribution < 1.29 is 4.79 Å². The predicted octanol–water partition coefficient (Wildman–Crippen LogP) is 3.15. The van der Waals surface area contributed by atoms with E-state index in [0.29, 0.717) is 20.6 Å². The highest BCUT2D eigenvalue weighted by atomic mass is 35.5. The van der Waals surface area contributed by atoms with E-state index < -0.39 is 5.91 Å². The second-order valence-corrected chi connectivity index (χ2v) is 3.68. The van der Waals surface area contributed by atoms with E-state index >= 15 is 0 Å². The average Bonchev–Trinajstić information content (AvgIpc) is 2.11. The lowest BCUT2D eigenvalue weighted by atomic mass is 10.2. The van der Waals surface area contributed by atoms with E-state index in [4.69, 9.17) is 40.5 Å². The molecule has 2 N–H and O–H groups in total. The zero-order valence-electron chi connectivity index (χ0n) is 6.93. The van der Waals surface area contributed by atoms with Crippen LogP contribution in [-0.4, -0.2) is 5.91 Å². The normalized spacial score (nSPS) is 10.8. The third kappa shape index (κ3) is 2.64. The molecule has 0 bridgehead atoms. The first-order valence-corrected chi connectivity index (χ1v) is 4.77. The van der Waals surface area contributed by atoms with Gasteiger partial charge in [-0.15, -0.1) is 0 Å². The summed E-state index contributed by atoms with van der Waals surface area (Å²) >= 11 is 17.5. The summed E-state index contributed by atoms with van der Waals surface area (Å²) in [4.78, 5) is 10.5. The van der Waals surface area contributed by atoms with Crippen LogP contribution in [0.1, 0.15) is 5.56 Å². The minimum absolute atomic E-state index is 0.302. The highest BCUT2D eigenvalue weighted by Crippen LogP contribution is 2.32. The first kappa shape index (κ1) is 11.4. The Kier molecular flexibility index (Phi) is 3.81. The van der Waals surface area contributed by atoms with Gasteiger partial charge >= 0.3 is 0 Å². The molecule has 1 aromatic carbocycles. The van der Waals surface area contributed by atoms with Crippen molar-refractivity contribution in [3.05, 3.63) is 38.8 Å². The van der Waals surface area contributed by atoms with Gasteiger partial charge in [0.2, 0.25) is 5.91 Å². The van der Waals surface area contributed by atoms with E-state index in [9.17, 15) is 4.79 Å². The maximum atomic E-state index is 10.5. The Labute approximate surface area is 96.2 Å². The fourth-order valence-electron chi connectivity index (χ4n) is 0.861. The van der Waals surface area contributed by atoms with E-state index in [1.165, 1.54) is 12.2 Å². The molecular formula is C9H6Cl3NO. The highest BCUT2D eigenvalue weighted by Gasteiger charge is 2.06. The minimum atomic E-state index is -0.572. The lowest BCUT2D eigenvalue weighted by Crippen LogP contribution is -2.05. The molecule has 0 atom stereocenters. The Morgan fingerprint density at radius 3 is 2.36 bits per heavy atom. The van der Waals surface area contributed by atoms with Crippen molar-refractivity contribution in [2.75, 3.05) is 0 Å². The maximum Gasteiger partial charge on any atom is 0.241 e. The predicted molar refractivity (Wildman–Crippen MR) is 59.7 cm³/mol. The number of carbonyl (C=O) groups is 1. The van der Waals surface area contributed by atoms with Crippen LogP contribution in [0.5, 0.6) is 0 Å². The second-order valence-electron chi connectivity index (χ2n) is 2.49. The van der Waals surface area contributed by atoms with Gasteiger partial charge < -0.3 is 5.73 Å². The Morgan fingerprint density at radius 1 is 1.21 bits per heavy atom. The summed E-state index contributed by atoms with van der Waals surface area (Å²) < 4.78 is 0. The number of hydrogen-bond acceptors (Lipinski definition) is 1. The number of rotatable bonds is 2. The quantitative estimate of drug-likeness (QED) is 0.636. The van der Waals surface area contributed by atoms with Crippen molar-refractivity contribution >= 4 is 46.8 Å². The molecular weight excluding hydrogens is 244 g/mol. The van der Waals surface area contributed by atoms with E-state index in [1.54, 1.807) is 12.1 Å². The van der Waals surface area contributed by atoms with Crippen molar-refractivity contribution in [3.8, 4) is 0 Å². The summed E-state index contributed by atoms with van der Waals surface area (Å²) in [6, 6.07) is 3.17. The number of benzene rings is 1. The Hall–Kier alpha value is -0.700. The van der Waals surface area contributed by atoms with Gasteiger partial charge in [0.1, 0.15) is 0 Å². The summed E-state index contributed by atoms with van der Waals surface area (Å²) in [5, 5.41) is 1.09. The standard InChI is InChI=1S/C9H6Cl3NO/c10-6-2-3-7(11)9(12)5(6)1-4-8(13)14/h1-4H,(H2,13,14)/b4-1+. The van der Waals surface area contributed by atoms with E-state index in [0.717, 1.165) is 0 Å². The van der Waals surface area contributed by atoms with Crippen molar-refractivity contribution in [2.24, 2.45) is 5.73 Å². The molecule has 0 saturated carbocycles. The molecule has 14 heavy (non-hydrogen) atoms. The van der Waals surface area contributed by atoms with Gasteiger partial charge in [-0.2, -0.15) is 0 Å². The van der Waals surface area contributed by atoms with Crippen molar-refractivity contribution in [1.29, 1.82) is 0 Å². The average molecular weight is 251 g/mol. The number of carbonyl (C=O) groups excluding carboxylic acids is 1. The van der Waals surface area contributed by atoms with Gasteiger partial charge in [-0.25, -0.2) is 0 Å². The van der Waals surface area contributed by atoms with Crippen LogP contribution in [-0.2, 0) is 4.79 Å². The molecule has 5 heteroatoms. The van der Waals surface area contributed by atoms with Crippen LogP contribution in [0.25, 0.3) is 6.08 Å². The Morgan fingerprint density at radius 2 is 1.79 bits per heavy atom. The van der Waals surface area contributed by atoms with Crippen LogP contribution in [0.3, 0.4) is 0 Å². The summed E-state index contributed by atoms with van der Waals surface area (Å²) in [5.41, 5.74) is 5.42. The second kappa shape index (κ2) is 4.69. The van der Waals surface area contributed by atoms with Gasteiger partial charge in [0.15, 0.2) is 0 Å². The molecule has 2 nitrogen and oxygen atoms in total. The molecule has 1 amide bonds. The molecule has 0 spiro atoms. The van der Waals surface area contributed by atoms with Crippen molar-refractivity contribution in [1.82, 2.24) is 0 Å². The Balaban J connectivity index is 3.19. The molecule has 0 aliphatic heterocycles. The number of hydrogen-bond donors (Lipinski definition) is 1. The van der Waals surface area contributed by atoms with E-state index in [-0.39, 0.29) is 0 Å². The number of nitrogens with two attached hydrogens (primary N) is 1. The lowest BCUT2D eigenvalue weighted by molar-refractivity contribution is -0.113. The van der Waals surface area contributed by atoms with Crippen molar-refractivity contribution in [2.45, 2.75) is 0 Å². The fourth-order valence-corrected chi connectivity index (χ4v) is 1.52. The topological polar surface area (TPSA) is 43.1 Å². The summed E-state index contributed by atoms with van der Waals surface area (Å²) in [6.07, 6.45) is 2.60. The SMILES string of the molecule is NC(=O)/C=C/c1c(Cl)ccc(Cl)c1Cl. The molecule has 0 saturated heterocycles. The molecule has 0 radical (unpaired) electrons. The van der Waals surface area contributed by atoms with Gasteiger partial charge in [-0.1, -0.05) is 34.8 Å². The monoisotopic (exact) mass is 249 g/mol. The number of amides is 1. The van der Waals surface area contributed by atoms with E-state index in [2.05, 4.69) is 0 Å². The first-order valence-electron chi connectivity index (χ1n) is 3.63. The largest absolute Gasteiger partial charge is 0.366 e. The third-order valence-electron chi connectivity index (χ3n) is 1.49. The molecule has 0 heterocycles. The number of primary amides is 1. The van der Waals surface area contributed by atoms with Gasteiger partial charge in [-0.3, -0.25) is 4.79 Å². The molecule has 74 valence electrons. The smallest absolute Gasteiger partial charge is 0.241 e. The minimum Gasteiger partial charge on any atom is -0.366 e. The molecule has 1 rings (SSSR count). The van der Waals surface area contributed by atoms with Crippen LogP contribution < -0.4 is 5.73 Å². The van der Waals surface area contributed by atoms with Crippen molar-refractivity contribution in [3.63, 3.8) is 0 Å². The first-order chi connectivity index (χ1) is 6.52. The molecule has 0 aromatic heterocycles. The summed E-state index contributed by atoms with van der Waals surface area (Å²) in [7, 11) is 0. The van der Waals surface area contributed by atoms with Gasteiger partial charge in [0.25, 0.3) is 0 Å². The van der Waals surface area contributed by atoms with Gasteiger partial charge in [-0.05, 0) is 18.2 Å². The summed E-state index contributed by atoms with van der Waals surface area (Å²) in [5.74, 6) is -0.572. The highest BCUT2D eigenvalue weighted by molar-refractivity contribution is 6.44. The van der Waals surface area contributed by atoms with Crippen LogP contribution in [0.15, 0.2) is 18.2 Å². The molecule has 0 aliphatic carbocycles. The zero-order valence-corrected chi connectivity index (χ0v) is 9.20. The zero-order chi connectivity index (χ0) is 10.7.